The Morgan fingerprint density at radius 2 is 1.49 bits per heavy atom. The van der Waals surface area contributed by atoms with Crippen molar-refractivity contribution in [3.63, 3.8) is 0 Å². The first-order chi connectivity index (χ1) is 18.9. The van der Waals surface area contributed by atoms with Crippen molar-refractivity contribution in [1.82, 2.24) is 0 Å². The normalized spacial score (nSPS) is 47.1. The van der Waals surface area contributed by atoms with Crippen molar-refractivity contribution in [2.75, 3.05) is 0 Å². The summed E-state index contributed by atoms with van der Waals surface area (Å²) in [4.78, 5) is 14.0. The highest BCUT2D eigenvalue weighted by Crippen LogP contribution is 2.55. The van der Waals surface area contributed by atoms with E-state index in [1.54, 1.807) is 13.8 Å². The highest BCUT2D eigenvalue weighted by molar-refractivity contribution is 5.84. The molecule has 0 aromatic rings. The molecule has 0 radical (unpaired) electrons. The van der Waals surface area contributed by atoms with E-state index in [-0.39, 0.29) is 41.5 Å². The molecule has 3 fully saturated rings. The number of carbonyl (C=O) groups is 1. The van der Waals surface area contributed by atoms with E-state index >= 15 is 0 Å². The molecule has 4 N–H and O–H groups in total. The van der Waals surface area contributed by atoms with Crippen LogP contribution in [0.3, 0.4) is 0 Å². The maximum absolute atomic E-state index is 14.0. The van der Waals surface area contributed by atoms with Crippen LogP contribution in [0.4, 0.5) is 0 Å². The number of rotatable bonds is 11. The van der Waals surface area contributed by atoms with Crippen LogP contribution in [-0.2, 0) is 19.0 Å². The SMILES string of the molecule is CC[C@@H](C(=O)[C@@H](C)[C@@H](O)[C@H](C)[C@H]1O[C@@](O)(CC)[C@H](C)C[C@@H]1C)[C@H]1O[C@](C)([C@]2(O)O[C@@](CC)(C(C)O)C[C@H]2C)C[C@@H]1C. The summed E-state index contributed by atoms with van der Waals surface area (Å²) >= 11 is 0. The van der Waals surface area contributed by atoms with E-state index in [9.17, 15) is 25.2 Å². The number of ether oxygens (including phenoxy) is 3. The molecular formula is C33H60O8. The zero-order valence-corrected chi connectivity index (χ0v) is 27.5. The number of ketones is 1. The molecule has 1 unspecified atom stereocenters. The minimum absolute atomic E-state index is 0.00797. The zero-order chi connectivity index (χ0) is 31.3. The quantitative estimate of drug-likeness (QED) is 0.272. The van der Waals surface area contributed by atoms with E-state index in [0.29, 0.717) is 32.1 Å². The Hall–Kier alpha value is -0.610. The second-order valence-corrected chi connectivity index (χ2v) is 14.4. The van der Waals surface area contributed by atoms with Gasteiger partial charge >= 0.3 is 0 Å². The Kier molecular flexibility index (Phi) is 10.6. The van der Waals surface area contributed by atoms with Gasteiger partial charge in [0.1, 0.15) is 11.4 Å². The van der Waals surface area contributed by atoms with Gasteiger partial charge in [0.25, 0.3) is 0 Å². The lowest BCUT2D eigenvalue weighted by atomic mass is 9.73. The fraction of sp³-hybridized carbons (Fsp3) is 0.970. The van der Waals surface area contributed by atoms with Crippen LogP contribution >= 0.6 is 0 Å². The third-order valence-corrected chi connectivity index (χ3v) is 11.6. The number of aliphatic hydroxyl groups excluding tert-OH is 2. The van der Waals surface area contributed by atoms with Gasteiger partial charge in [0.15, 0.2) is 11.6 Å². The molecule has 8 nitrogen and oxygen atoms in total. The van der Waals surface area contributed by atoms with Crippen molar-refractivity contribution in [1.29, 1.82) is 0 Å². The van der Waals surface area contributed by atoms with Gasteiger partial charge in [0.2, 0.25) is 0 Å². The molecule has 0 aliphatic carbocycles. The number of Topliss-reactive ketones (excluding diaryl/α,β-unsaturated/α-hetero) is 1. The van der Waals surface area contributed by atoms with E-state index in [1.807, 2.05) is 55.4 Å². The van der Waals surface area contributed by atoms with Crippen LogP contribution in [0.25, 0.3) is 0 Å². The molecule has 0 spiro atoms. The number of aliphatic hydroxyl groups is 4. The predicted octanol–water partition coefficient (Wildman–Crippen LogP) is 4.83. The maximum atomic E-state index is 14.0. The highest BCUT2D eigenvalue weighted by Gasteiger charge is 2.66. The molecule has 41 heavy (non-hydrogen) atoms. The third kappa shape index (κ3) is 5.93. The summed E-state index contributed by atoms with van der Waals surface area (Å²) in [5.41, 5.74) is -1.91. The van der Waals surface area contributed by atoms with E-state index < -0.39 is 52.9 Å². The minimum Gasteiger partial charge on any atom is -0.392 e. The van der Waals surface area contributed by atoms with Crippen LogP contribution in [0.15, 0.2) is 0 Å². The minimum atomic E-state index is -1.61. The maximum Gasteiger partial charge on any atom is 0.198 e. The molecule has 3 aliphatic rings. The van der Waals surface area contributed by atoms with Gasteiger partial charge in [-0.25, -0.2) is 0 Å². The summed E-state index contributed by atoms with van der Waals surface area (Å²) in [7, 11) is 0. The van der Waals surface area contributed by atoms with Crippen molar-refractivity contribution >= 4 is 5.78 Å². The first kappa shape index (κ1) is 34.9. The topological polar surface area (TPSA) is 126 Å². The smallest absolute Gasteiger partial charge is 0.198 e. The van der Waals surface area contributed by atoms with Gasteiger partial charge in [-0.2, -0.15) is 0 Å². The summed E-state index contributed by atoms with van der Waals surface area (Å²) in [5.74, 6) is -4.54. The van der Waals surface area contributed by atoms with Crippen molar-refractivity contribution in [2.24, 2.45) is 41.4 Å². The lowest BCUT2D eigenvalue weighted by Gasteiger charge is -2.48. The molecule has 3 rings (SSSR count). The molecule has 15 atom stereocenters. The Morgan fingerprint density at radius 3 is 1.98 bits per heavy atom. The van der Waals surface area contributed by atoms with Crippen LogP contribution < -0.4 is 0 Å². The van der Waals surface area contributed by atoms with Crippen molar-refractivity contribution in [3.8, 4) is 0 Å². The van der Waals surface area contributed by atoms with Gasteiger partial charge in [-0.05, 0) is 64.2 Å². The molecule has 0 amide bonds. The molecule has 3 aliphatic heterocycles. The summed E-state index contributed by atoms with van der Waals surface area (Å²) in [6, 6.07) is 0. The number of hydrogen-bond donors (Lipinski definition) is 4. The third-order valence-electron chi connectivity index (χ3n) is 11.6. The second kappa shape index (κ2) is 12.4. The lowest BCUT2D eigenvalue weighted by molar-refractivity contribution is -0.331. The average Bonchev–Trinajstić information content (AvgIpc) is 3.39. The van der Waals surface area contributed by atoms with Crippen molar-refractivity contribution in [3.05, 3.63) is 0 Å². The van der Waals surface area contributed by atoms with Crippen LogP contribution in [0.1, 0.15) is 115 Å². The van der Waals surface area contributed by atoms with Gasteiger partial charge in [-0.15, -0.1) is 0 Å². The monoisotopic (exact) mass is 584 g/mol. The van der Waals surface area contributed by atoms with Crippen LogP contribution in [-0.4, -0.2) is 73.4 Å². The lowest BCUT2D eigenvalue weighted by Crippen LogP contribution is -2.57. The first-order valence-electron chi connectivity index (χ1n) is 16.3. The van der Waals surface area contributed by atoms with Gasteiger partial charge < -0.3 is 34.6 Å². The van der Waals surface area contributed by atoms with Gasteiger partial charge in [-0.1, -0.05) is 62.3 Å². The molecule has 8 heteroatoms. The molecular weight excluding hydrogens is 524 g/mol. The first-order valence-corrected chi connectivity index (χ1v) is 16.3. The van der Waals surface area contributed by atoms with Gasteiger partial charge in [-0.3, -0.25) is 4.79 Å². The van der Waals surface area contributed by atoms with Gasteiger partial charge in [0.05, 0.1) is 30.0 Å². The standard InChI is InChI=1S/C33H60O8/c1-12-25(27(36)22(8)26(35)23(9)28-18(4)15-20(6)32(37,14-3)40-28)29-19(5)16-30(11,39-29)33(38)21(7)17-31(13-2,41-33)24(10)34/h18-26,28-29,34-35,37-38H,12-17H2,1-11H3/t18-,19-,20+,21+,22-,23-,24?,25-,26+,28-,29-,30-,31+,32-,33+/m0/s1. The number of hydrogen-bond acceptors (Lipinski definition) is 8. The Bertz CT molecular complexity index is 912. The second-order valence-electron chi connectivity index (χ2n) is 14.4. The van der Waals surface area contributed by atoms with E-state index in [1.165, 1.54) is 0 Å². The van der Waals surface area contributed by atoms with Crippen LogP contribution in [0.2, 0.25) is 0 Å². The Labute approximate surface area is 248 Å². The molecule has 0 aromatic carbocycles. The fourth-order valence-electron chi connectivity index (χ4n) is 8.56. The molecule has 3 heterocycles. The zero-order valence-electron chi connectivity index (χ0n) is 27.5. The predicted molar refractivity (Wildman–Crippen MR) is 158 cm³/mol. The summed E-state index contributed by atoms with van der Waals surface area (Å²) in [6.07, 6.45) is 0.883. The van der Waals surface area contributed by atoms with Gasteiger partial charge in [0, 0.05) is 29.6 Å². The fourth-order valence-corrected chi connectivity index (χ4v) is 8.56. The summed E-state index contributed by atoms with van der Waals surface area (Å²) < 4.78 is 19.2. The summed E-state index contributed by atoms with van der Waals surface area (Å²) in [5, 5.41) is 45.0. The van der Waals surface area contributed by atoms with Crippen molar-refractivity contribution in [2.45, 2.75) is 162 Å². The largest absolute Gasteiger partial charge is 0.392 e. The molecule has 3 saturated heterocycles. The van der Waals surface area contributed by atoms with Crippen LogP contribution in [0, 0.1) is 41.4 Å². The Morgan fingerprint density at radius 1 is 0.878 bits per heavy atom. The molecule has 0 saturated carbocycles. The molecule has 0 bridgehead atoms. The molecule has 0 aromatic heterocycles. The van der Waals surface area contributed by atoms with E-state index in [0.717, 1.165) is 6.42 Å². The number of carbonyl (C=O) groups excluding carboxylic acids is 1. The summed E-state index contributed by atoms with van der Waals surface area (Å²) in [6.45, 7) is 21.1. The van der Waals surface area contributed by atoms with Crippen molar-refractivity contribution < 1.29 is 39.4 Å². The van der Waals surface area contributed by atoms with E-state index in [4.69, 9.17) is 14.2 Å². The average molecular weight is 585 g/mol. The van der Waals surface area contributed by atoms with E-state index in [2.05, 4.69) is 6.92 Å². The Balaban J connectivity index is 1.78. The highest BCUT2D eigenvalue weighted by atomic mass is 16.7. The van der Waals surface area contributed by atoms with Crippen LogP contribution in [0.5, 0.6) is 0 Å². The molecule has 240 valence electrons.